The Bertz CT molecular complexity index is 842. The summed E-state index contributed by atoms with van der Waals surface area (Å²) >= 11 is 6.10. The van der Waals surface area contributed by atoms with Gasteiger partial charge in [0.15, 0.2) is 11.5 Å². The van der Waals surface area contributed by atoms with E-state index in [4.69, 9.17) is 21.8 Å². The number of aromatic nitrogens is 3. The summed E-state index contributed by atoms with van der Waals surface area (Å²) in [7, 11) is 0. The molecule has 7 nitrogen and oxygen atoms in total. The van der Waals surface area contributed by atoms with Crippen molar-refractivity contribution >= 4 is 23.3 Å². The van der Waals surface area contributed by atoms with E-state index in [2.05, 4.69) is 15.6 Å². The second kappa shape index (κ2) is 6.13. The molecular weight excluding hydrogens is 318 g/mol. The van der Waals surface area contributed by atoms with Crippen LogP contribution in [0.4, 0.5) is 5.82 Å². The zero-order valence-corrected chi connectivity index (χ0v) is 13.0. The summed E-state index contributed by atoms with van der Waals surface area (Å²) in [5.41, 5.74) is 7.60. The number of rotatable bonds is 4. The topological polar surface area (TPSA) is 99.0 Å². The summed E-state index contributed by atoms with van der Waals surface area (Å²) in [4.78, 5) is 12.2. The molecule has 0 spiro atoms. The highest BCUT2D eigenvalue weighted by molar-refractivity contribution is 6.31. The van der Waals surface area contributed by atoms with Crippen molar-refractivity contribution in [2.45, 2.75) is 13.5 Å². The predicted octanol–water partition coefficient (Wildman–Crippen LogP) is 2.33. The molecule has 0 radical (unpaired) electrons. The number of carbonyl (C=O) groups excluding carboxylic acids is 1. The molecule has 0 unspecified atom stereocenters. The lowest BCUT2D eigenvalue weighted by molar-refractivity contribution is 0.0944. The van der Waals surface area contributed by atoms with Gasteiger partial charge in [-0.25, -0.2) is 0 Å². The zero-order chi connectivity index (χ0) is 16.4. The number of furan rings is 1. The van der Waals surface area contributed by atoms with Crippen LogP contribution in [0, 0.1) is 6.92 Å². The normalized spacial score (nSPS) is 10.7. The van der Waals surface area contributed by atoms with Crippen LogP contribution in [0.3, 0.4) is 0 Å². The Morgan fingerprint density at radius 1 is 1.43 bits per heavy atom. The minimum atomic E-state index is -0.427. The third-order valence-electron chi connectivity index (χ3n) is 3.32. The van der Waals surface area contributed by atoms with Crippen LogP contribution >= 0.6 is 11.6 Å². The first kappa shape index (κ1) is 15.1. The lowest BCUT2D eigenvalue weighted by atomic mass is 10.2. The number of hydrogen-bond donors (Lipinski definition) is 2. The fraction of sp³-hybridized carbons (Fsp3) is 0.133. The van der Waals surface area contributed by atoms with Crippen LogP contribution in [0.25, 0.3) is 5.69 Å². The quantitative estimate of drug-likeness (QED) is 0.764. The highest BCUT2D eigenvalue weighted by Gasteiger charge is 2.18. The smallest absolute Gasteiger partial charge is 0.276 e. The van der Waals surface area contributed by atoms with Crippen LogP contribution in [0.2, 0.25) is 5.02 Å². The fourth-order valence-electron chi connectivity index (χ4n) is 2.02. The van der Waals surface area contributed by atoms with E-state index in [1.165, 1.54) is 10.9 Å². The molecule has 0 aliphatic carbocycles. The molecule has 3 aromatic rings. The van der Waals surface area contributed by atoms with E-state index >= 15 is 0 Å². The van der Waals surface area contributed by atoms with Gasteiger partial charge in [0.1, 0.15) is 5.76 Å². The lowest BCUT2D eigenvalue weighted by Gasteiger charge is -2.05. The Morgan fingerprint density at radius 2 is 2.26 bits per heavy atom. The number of nitrogens with two attached hydrogens (primary N) is 1. The lowest BCUT2D eigenvalue weighted by Crippen LogP contribution is -2.24. The first-order valence-electron chi connectivity index (χ1n) is 6.84. The highest BCUT2D eigenvalue weighted by Crippen LogP contribution is 2.21. The molecule has 1 aromatic carbocycles. The molecule has 1 amide bonds. The summed E-state index contributed by atoms with van der Waals surface area (Å²) in [5, 5.41) is 11.0. The summed E-state index contributed by atoms with van der Waals surface area (Å²) < 4.78 is 6.52. The monoisotopic (exact) mass is 331 g/mol. The molecule has 0 aliphatic heterocycles. The average Bonchev–Trinajstić information content (AvgIpc) is 3.17. The van der Waals surface area contributed by atoms with Gasteiger partial charge in [0.25, 0.3) is 5.91 Å². The van der Waals surface area contributed by atoms with E-state index in [1.54, 1.807) is 24.3 Å². The maximum absolute atomic E-state index is 12.2. The summed E-state index contributed by atoms with van der Waals surface area (Å²) in [5.74, 6) is 0.347. The number of halogens is 1. The van der Waals surface area contributed by atoms with Crippen LogP contribution in [0.5, 0.6) is 0 Å². The van der Waals surface area contributed by atoms with Gasteiger partial charge in [-0.15, -0.1) is 5.10 Å². The number of benzene rings is 1. The third kappa shape index (κ3) is 3.04. The van der Waals surface area contributed by atoms with Gasteiger partial charge in [0.05, 0.1) is 18.5 Å². The van der Waals surface area contributed by atoms with Crippen molar-refractivity contribution in [2.24, 2.45) is 0 Å². The molecule has 0 saturated heterocycles. The van der Waals surface area contributed by atoms with Crippen LogP contribution in [0.15, 0.2) is 41.0 Å². The van der Waals surface area contributed by atoms with E-state index in [0.29, 0.717) is 16.5 Å². The molecular formula is C15H14ClN5O2. The van der Waals surface area contributed by atoms with Crippen LogP contribution in [-0.2, 0) is 6.54 Å². The van der Waals surface area contributed by atoms with E-state index in [-0.39, 0.29) is 18.1 Å². The number of aryl methyl sites for hydroxylation is 1. The van der Waals surface area contributed by atoms with Gasteiger partial charge in [0.2, 0.25) is 0 Å². The van der Waals surface area contributed by atoms with Gasteiger partial charge >= 0.3 is 0 Å². The van der Waals surface area contributed by atoms with Gasteiger partial charge in [-0.1, -0.05) is 22.9 Å². The Kier molecular flexibility index (Phi) is 4.03. The molecule has 0 fully saturated rings. The van der Waals surface area contributed by atoms with E-state index in [9.17, 15) is 4.79 Å². The molecule has 8 heteroatoms. The van der Waals surface area contributed by atoms with Gasteiger partial charge in [-0.3, -0.25) is 4.79 Å². The molecule has 2 heterocycles. The number of carbonyl (C=O) groups is 1. The fourth-order valence-corrected chi connectivity index (χ4v) is 2.19. The Balaban J connectivity index is 1.80. The van der Waals surface area contributed by atoms with Crippen LogP contribution in [-0.4, -0.2) is 20.9 Å². The molecule has 3 N–H and O–H groups in total. The molecule has 23 heavy (non-hydrogen) atoms. The molecule has 2 aromatic heterocycles. The first-order valence-corrected chi connectivity index (χ1v) is 7.22. The minimum Gasteiger partial charge on any atom is -0.467 e. The van der Waals surface area contributed by atoms with Gasteiger partial charge in [-0.2, -0.15) is 4.68 Å². The van der Waals surface area contributed by atoms with Crippen molar-refractivity contribution in [2.75, 3.05) is 5.73 Å². The summed E-state index contributed by atoms with van der Waals surface area (Å²) in [6, 6.07) is 8.86. The number of hydrogen-bond acceptors (Lipinski definition) is 5. The maximum atomic E-state index is 12.2. The van der Waals surface area contributed by atoms with Crippen molar-refractivity contribution in [3.8, 4) is 5.69 Å². The summed E-state index contributed by atoms with van der Waals surface area (Å²) in [6.45, 7) is 2.14. The average molecular weight is 332 g/mol. The maximum Gasteiger partial charge on any atom is 0.276 e. The van der Waals surface area contributed by atoms with Crippen LogP contribution < -0.4 is 11.1 Å². The van der Waals surface area contributed by atoms with Crippen molar-refractivity contribution < 1.29 is 9.21 Å². The zero-order valence-electron chi connectivity index (χ0n) is 12.3. The molecule has 118 valence electrons. The molecule has 0 saturated carbocycles. The minimum absolute atomic E-state index is 0.0493. The number of amides is 1. The third-order valence-corrected chi connectivity index (χ3v) is 3.73. The Morgan fingerprint density at radius 3 is 2.96 bits per heavy atom. The molecule has 3 rings (SSSR count). The summed E-state index contributed by atoms with van der Waals surface area (Å²) in [6.07, 6.45) is 1.53. The van der Waals surface area contributed by atoms with Gasteiger partial charge in [0, 0.05) is 5.02 Å². The number of nitrogen functional groups attached to an aromatic ring is 1. The number of nitrogens with one attached hydrogen (secondary N) is 1. The van der Waals surface area contributed by atoms with Gasteiger partial charge in [-0.05, 0) is 36.8 Å². The Labute approximate surface area is 137 Å². The standard InChI is InChI=1S/C15H14ClN5O2/c1-9-4-5-10(7-12(9)16)21-14(17)13(19-20-21)15(22)18-8-11-3-2-6-23-11/h2-7H,8,17H2,1H3,(H,18,22). The first-order chi connectivity index (χ1) is 11.1. The van der Waals surface area contributed by atoms with E-state index < -0.39 is 5.91 Å². The molecule has 0 bridgehead atoms. The van der Waals surface area contributed by atoms with Gasteiger partial charge < -0.3 is 15.5 Å². The van der Waals surface area contributed by atoms with Crippen molar-refractivity contribution in [1.82, 2.24) is 20.3 Å². The van der Waals surface area contributed by atoms with Crippen LogP contribution in [0.1, 0.15) is 21.8 Å². The van der Waals surface area contributed by atoms with Crippen molar-refractivity contribution in [1.29, 1.82) is 0 Å². The molecule has 0 atom stereocenters. The van der Waals surface area contributed by atoms with E-state index in [0.717, 1.165) is 5.56 Å². The highest BCUT2D eigenvalue weighted by atomic mass is 35.5. The van der Waals surface area contributed by atoms with Crippen molar-refractivity contribution in [3.05, 3.63) is 58.6 Å². The molecule has 0 aliphatic rings. The second-order valence-electron chi connectivity index (χ2n) is 4.93. The SMILES string of the molecule is Cc1ccc(-n2nnc(C(=O)NCc3ccco3)c2N)cc1Cl. The predicted molar refractivity (Wildman–Crippen MR) is 85.4 cm³/mol. The van der Waals surface area contributed by atoms with E-state index in [1.807, 2.05) is 13.0 Å². The van der Waals surface area contributed by atoms with Crippen molar-refractivity contribution in [3.63, 3.8) is 0 Å². The number of nitrogens with zero attached hydrogens (tertiary/aromatic N) is 3. The second-order valence-corrected chi connectivity index (χ2v) is 5.34. The Hall–Kier alpha value is -2.80. The number of anilines is 1. The largest absolute Gasteiger partial charge is 0.467 e.